The Morgan fingerprint density at radius 3 is 2.94 bits per heavy atom. The number of methoxy groups -OCH3 is 1. The third-order valence-electron chi connectivity index (χ3n) is 2.36. The predicted octanol–water partition coefficient (Wildman–Crippen LogP) is 0.756. The summed E-state index contributed by atoms with van der Waals surface area (Å²) in [5.41, 5.74) is 3.57. The molecular formula is C12H12N4O2. The topological polar surface area (TPSA) is 90.1 Å². The van der Waals surface area contributed by atoms with Gasteiger partial charge >= 0.3 is 0 Å². The number of ether oxygens (including phenoxy) is 1. The van der Waals surface area contributed by atoms with E-state index >= 15 is 0 Å². The average molecular weight is 244 g/mol. The molecule has 0 unspecified atom stereocenters. The van der Waals surface area contributed by atoms with Gasteiger partial charge in [-0.3, -0.25) is 15.2 Å². The lowest BCUT2D eigenvalue weighted by Gasteiger charge is -2.05. The number of hydrogen-bond acceptors (Lipinski definition) is 5. The van der Waals surface area contributed by atoms with Gasteiger partial charge in [-0.25, -0.2) is 10.8 Å². The van der Waals surface area contributed by atoms with Crippen LogP contribution >= 0.6 is 0 Å². The molecule has 6 heteroatoms. The maximum atomic E-state index is 11.4. The number of carbonyl (C=O) groups excluding carboxylic acids is 1. The summed E-state index contributed by atoms with van der Waals surface area (Å²) in [6.45, 7) is 0. The first kappa shape index (κ1) is 12.0. The molecule has 2 rings (SSSR count). The molecule has 0 aliphatic carbocycles. The molecule has 0 saturated carbocycles. The number of nitrogens with two attached hydrogens (primary N) is 1. The molecule has 0 fully saturated rings. The second kappa shape index (κ2) is 5.24. The van der Waals surface area contributed by atoms with E-state index < -0.39 is 5.91 Å². The Balaban J connectivity index is 2.41. The van der Waals surface area contributed by atoms with Gasteiger partial charge in [0, 0.05) is 5.56 Å². The average Bonchev–Trinajstić information content (AvgIpc) is 2.46. The van der Waals surface area contributed by atoms with Crippen molar-refractivity contribution >= 4 is 5.91 Å². The summed E-state index contributed by atoms with van der Waals surface area (Å²) in [7, 11) is 1.59. The van der Waals surface area contributed by atoms with E-state index in [4.69, 9.17) is 10.6 Å². The first-order valence-corrected chi connectivity index (χ1v) is 5.22. The van der Waals surface area contributed by atoms with Gasteiger partial charge < -0.3 is 4.74 Å². The van der Waals surface area contributed by atoms with Crippen molar-refractivity contribution in [3.63, 3.8) is 0 Å². The Bertz CT molecular complexity index is 572. The van der Waals surface area contributed by atoms with Gasteiger partial charge in [0.15, 0.2) is 0 Å². The Labute approximate surface area is 104 Å². The highest BCUT2D eigenvalue weighted by Crippen LogP contribution is 2.21. The minimum atomic E-state index is -0.479. The van der Waals surface area contributed by atoms with E-state index in [1.165, 1.54) is 6.20 Å². The van der Waals surface area contributed by atoms with E-state index in [1.807, 2.05) is 29.7 Å². The highest BCUT2D eigenvalue weighted by molar-refractivity contribution is 5.91. The summed E-state index contributed by atoms with van der Waals surface area (Å²) < 4.78 is 5.13. The highest BCUT2D eigenvalue weighted by atomic mass is 16.5. The number of aromatic nitrogens is 2. The number of rotatable bonds is 3. The van der Waals surface area contributed by atoms with E-state index in [-0.39, 0.29) is 5.69 Å². The van der Waals surface area contributed by atoms with Crippen molar-refractivity contribution in [2.75, 3.05) is 7.11 Å². The molecule has 6 nitrogen and oxygen atoms in total. The van der Waals surface area contributed by atoms with Gasteiger partial charge in [-0.05, 0) is 12.1 Å². The lowest BCUT2D eigenvalue weighted by Crippen LogP contribution is -2.30. The maximum absolute atomic E-state index is 11.4. The van der Waals surface area contributed by atoms with Crippen molar-refractivity contribution in [2.24, 2.45) is 5.84 Å². The Morgan fingerprint density at radius 1 is 1.39 bits per heavy atom. The molecule has 3 N–H and O–H groups in total. The van der Waals surface area contributed by atoms with E-state index in [9.17, 15) is 4.79 Å². The number of amides is 1. The number of hydrogen-bond donors (Lipinski definition) is 2. The molecule has 18 heavy (non-hydrogen) atoms. The molecular weight excluding hydrogens is 232 g/mol. The Kier molecular flexibility index (Phi) is 3.49. The van der Waals surface area contributed by atoms with Crippen molar-refractivity contribution in [3.05, 3.63) is 42.4 Å². The van der Waals surface area contributed by atoms with Gasteiger partial charge in [-0.1, -0.05) is 12.1 Å². The zero-order chi connectivity index (χ0) is 13.0. The van der Waals surface area contributed by atoms with Crippen LogP contribution in [0.3, 0.4) is 0 Å². The van der Waals surface area contributed by atoms with Crippen molar-refractivity contribution in [2.45, 2.75) is 0 Å². The van der Waals surface area contributed by atoms with E-state index in [0.29, 0.717) is 11.4 Å². The number of nitrogen functional groups attached to an aromatic ring is 1. The van der Waals surface area contributed by atoms with Gasteiger partial charge in [0.2, 0.25) is 0 Å². The van der Waals surface area contributed by atoms with Crippen LogP contribution in [0.25, 0.3) is 11.3 Å². The van der Waals surface area contributed by atoms with Crippen molar-refractivity contribution < 1.29 is 9.53 Å². The molecule has 0 bridgehead atoms. The summed E-state index contributed by atoms with van der Waals surface area (Å²) in [5, 5.41) is 0. The molecule has 2 aromatic rings. The first-order valence-electron chi connectivity index (χ1n) is 5.22. The summed E-state index contributed by atoms with van der Waals surface area (Å²) >= 11 is 0. The van der Waals surface area contributed by atoms with Crippen molar-refractivity contribution in [3.8, 4) is 17.0 Å². The molecule has 0 aliphatic heterocycles. The van der Waals surface area contributed by atoms with Gasteiger partial charge in [-0.15, -0.1) is 0 Å². The van der Waals surface area contributed by atoms with Crippen LogP contribution in [0.1, 0.15) is 10.5 Å². The molecule has 1 heterocycles. The zero-order valence-corrected chi connectivity index (χ0v) is 9.75. The quantitative estimate of drug-likeness (QED) is 0.472. The third-order valence-corrected chi connectivity index (χ3v) is 2.36. The van der Waals surface area contributed by atoms with Gasteiger partial charge in [0.25, 0.3) is 5.91 Å². The smallest absolute Gasteiger partial charge is 0.285 e. The first-order chi connectivity index (χ1) is 8.74. The molecule has 92 valence electrons. The number of nitrogens with one attached hydrogen (secondary N) is 1. The third kappa shape index (κ3) is 2.44. The number of hydrazine groups is 1. The second-order valence-corrected chi connectivity index (χ2v) is 3.49. The molecule has 1 aromatic carbocycles. The maximum Gasteiger partial charge on any atom is 0.285 e. The molecule has 0 atom stereocenters. The van der Waals surface area contributed by atoms with Crippen molar-refractivity contribution in [1.29, 1.82) is 0 Å². The summed E-state index contributed by atoms with van der Waals surface area (Å²) in [6.07, 6.45) is 2.92. The van der Waals surface area contributed by atoms with Crippen LogP contribution < -0.4 is 16.0 Å². The fourth-order valence-corrected chi connectivity index (χ4v) is 1.47. The van der Waals surface area contributed by atoms with Crippen LogP contribution in [0, 0.1) is 0 Å². The summed E-state index contributed by atoms with van der Waals surface area (Å²) in [6, 6.07) is 7.34. The fourth-order valence-electron chi connectivity index (χ4n) is 1.47. The largest absolute Gasteiger partial charge is 0.497 e. The zero-order valence-electron chi connectivity index (χ0n) is 9.75. The minimum Gasteiger partial charge on any atom is -0.497 e. The van der Waals surface area contributed by atoms with Gasteiger partial charge in [-0.2, -0.15) is 0 Å². The molecule has 0 spiro atoms. The SMILES string of the molecule is COc1cccc(-c2cncc(C(=O)NN)n2)c1. The molecule has 1 amide bonds. The Morgan fingerprint density at radius 2 is 2.22 bits per heavy atom. The second-order valence-electron chi connectivity index (χ2n) is 3.49. The monoisotopic (exact) mass is 244 g/mol. The van der Waals surface area contributed by atoms with Crippen LogP contribution in [-0.4, -0.2) is 23.0 Å². The number of nitrogens with zero attached hydrogens (tertiary/aromatic N) is 2. The van der Waals surface area contributed by atoms with Crippen molar-refractivity contribution in [1.82, 2.24) is 15.4 Å². The van der Waals surface area contributed by atoms with Gasteiger partial charge in [0.1, 0.15) is 11.4 Å². The molecule has 0 radical (unpaired) electrons. The van der Waals surface area contributed by atoms with Crippen LogP contribution in [0.4, 0.5) is 0 Å². The minimum absolute atomic E-state index is 0.165. The molecule has 1 aromatic heterocycles. The van der Waals surface area contributed by atoms with Crippen LogP contribution in [0.15, 0.2) is 36.7 Å². The van der Waals surface area contributed by atoms with Gasteiger partial charge in [0.05, 0.1) is 25.2 Å². The van der Waals surface area contributed by atoms with E-state index in [0.717, 1.165) is 5.56 Å². The van der Waals surface area contributed by atoms with E-state index in [1.54, 1.807) is 13.3 Å². The summed E-state index contributed by atoms with van der Waals surface area (Å²) in [4.78, 5) is 19.5. The number of benzene rings is 1. The normalized spacial score (nSPS) is 9.89. The van der Waals surface area contributed by atoms with Crippen LogP contribution in [-0.2, 0) is 0 Å². The highest BCUT2D eigenvalue weighted by Gasteiger charge is 2.08. The lowest BCUT2D eigenvalue weighted by molar-refractivity contribution is 0.0948. The summed E-state index contributed by atoms with van der Waals surface area (Å²) in [5.74, 6) is 5.28. The lowest BCUT2D eigenvalue weighted by atomic mass is 10.1. The number of carbonyl (C=O) groups is 1. The molecule has 0 aliphatic rings. The van der Waals surface area contributed by atoms with E-state index in [2.05, 4.69) is 9.97 Å². The molecule has 0 saturated heterocycles. The van der Waals surface area contributed by atoms with Crippen LogP contribution in [0.5, 0.6) is 5.75 Å². The predicted molar refractivity (Wildman–Crippen MR) is 65.7 cm³/mol. The standard InChI is InChI=1S/C12H12N4O2/c1-18-9-4-2-3-8(5-9)10-6-14-7-11(15-10)12(17)16-13/h2-7H,13H2,1H3,(H,16,17). The fraction of sp³-hybridized carbons (Fsp3) is 0.0833. The van der Waals surface area contributed by atoms with Crippen LogP contribution in [0.2, 0.25) is 0 Å². The Hall–Kier alpha value is -2.47.